The summed E-state index contributed by atoms with van der Waals surface area (Å²) in [5, 5.41) is 0.879. The van der Waals surface area contributed by atoms with Crippen LogP contribution in [0.4, 0.5) is 10.1 Å². The number of carbonyl (C=O) groups is 2. The van der Waals surface area contributed by atoms with E-state index in [2.05, 4.69) is 21.4 Å². The summed E-state index contributed by atoms with van der Waals surface area (Å²) >= 11 is 3.32. The third-order valence-electron chi connectivity index (χ3n) is 2.95. The van der Waals surface area contributed by atoms with Crippen LogP contribution in [-0.2, 0) is 0 Å². The smallest absolute Gasteiger partial charge is 0.280 e. The van der Waals surface area contributed by atoms with Gasteiger partial charge in [-0.3, -0.25) is 15.0 Å². The highest BCUT2D eigenvalue weighted by Gasteiger charge is 2.36. The Bertz CT molecular complexity index is 733. The standard InChI is InChI=1S/C14H8BrFN2O2/c15-11-3-1-2-4-12(11)17-18-13(19)9-6-5-8(16)7-10(9)14(18)20/h1-7,17H. The molecule has 2 aromatic rings. The van der Waals surface area contributed by atoms with Crippen LogP contribution in [0.1, 0.15) is 20.7 Å². The number of anilines is 1. The average Bonchev–Trinajstić information content (AvgIpc) is 2.66. The summed E-state index contributed by atoms with van der Waals surface area (Å²) in [7, 11) is 0. The van der Waals surface area contributed by atoms with Gasteiger partial charge in [0.05, 0.1) is 16.8 Å². The molecule has 20 heavy (non-hydrogen) atoms. The van der Waals surface area contributed by atoms with Crippen molar-refractivity contribution in [2.24, 2.45) is 0 Å². The molecule has 6 heteroatoms. The molecule has 0 fully saturated rings. The third kappa shape index (κ3) is 1.98. The minimum Gasteiger partial charge on any atom is -0.287 e. The number of fused-ring (bicyclic) bond motifs is 1. The van der Waals surface area contributed by atoms with Crippen LogP contribution in [-0.4, -0.2) is 16.8 Å². The van der Waals surface area contributed by atoms with Crippen molar-refractivity contribution in [1.82, 2.24) is 5.01 Å². The zero-order valence-corrected chi connectivity index (χ0v) is 11.6. The lowest BCUT2D eigenvalue weighted by molar-refractivity contribution is 0.0691. The molecule has 1 heterocycles. The molecule has 2 amide bonds. The number of imide groups is 1. The van der Waals surface area contributed by atoms with Crippen molar-refractivity contribution < 1.29 is 14.0 Å². The van der Waals surface area contributed by atoms with E-state index in [0.29, 0.717) is 10.2 Å². The second-order valence-electron chi connectivity index (χ2n) is 4.23. The predicted molar refractivity (Wildman–Crippen MR) is 74.7 cm³/mol. The van der Waals surface area contributed by atoms with Crippen molar-refractivity contribution >= 4 is 33.4 Å². The summed E-state index contributed by atoms with van der Waals surface area (Å²) in [5.74, 6) is -1.62. The van der Waals surface area contributed by atoms with Gasteiger partial charge in [0.2, 0.25) is 0 Å². The van der Waals surface area contributed by atoms with Gasteiger partial charge in [0, 0.05) is 4.47 Å². The fourth-order valence-electron chi connectivity index (χ4n) is 1.99. The molecule has 1 N–H and O–H groups in total. The van der Waals surface area contributed by atoms with Crippen molar-refractivity contribution in [3.63, 3.8) is 0 Å². The molecule has 1 aliphatic rings. The van der Waals surface area contributed by atoms with Crippen molar-refractivity contribution in [3.8, 4) is 0 Å². The molecule has 0 unspecified atom stereocenters. The monoisotopic (exact) mass is 334 g/mol. The highest BCUT2D eigenvalue weighted by molar-refractivity contribution is 9.10. The van der Waals surface area contributed by atoms with Crippen molar-refractivity contribution in [3.05, 3.63) is 63.9 Å². The van der Waals surface area contributed by atoms with E-state index in [1.54, 1.807) is 18.2 Å². The van der Waals surface area contributed by atoms with Gasteiger partial charge >= 0.3 is 0 Å². The van der Waals surface area contributed by atoms with E-state index >= 15 is 0 Å². The molecule has 0 atom stereocenters. The van der Waals surface area contributed by atoms with Crippen LogP contribution in [0.25, 0.3) is 0 Å². The summed E-state index contributed by atoms with van der Waals surface area (Å²) in [6.45, 7) is 0. The van der Waals surface area contributed by atoms with Crippen LogP contribution in [0.15, 0.2) is 46.9 Å². The summed E-state index contributed by atoms with van der Waals surface area (Å²) in [5.41, 5.74) is 3.57. The van der Waals surface area contributed by atoms with Crippen molar-refractivity contribution in [2.45, 2.75) is 0 Å². The van der Waals surface area contributed by atoms with E-state index in [9.17, 15) is 14.0 Å². The molecule has 0 aromatic heterocycles. The molecule has 0 saturated heterocycles. The Kier molecular flexibility index (Phi) is 3.02. The molecule has 4 nitrogen and oxygen atoms in total. The first-order chi connectivity index (χ1) is 9.58. The first-order valence-electron chi connectivity index (χ1n) is 5.77. The summed E-state index contributed by atoms with van der Waals surface area (Å²) in [6, 6.07) is 10.6. The second kappa shape index (κ2) is 4.72. The fraction of sp³-hybridized carbons (Fsp3) is 0. The number of hydrogen-bond acceptors (Lipinski definition) is 3. The lowest BCUT2D eigenvalue weighted by Gasteiger charge is -2.17. The maximum absolute atomic E-state index is 13.2. The van der Waals surface area contributed by atoms with E-state index in [-0.39, 0.29) is 11.1 Å². The zero-order chi connectivity index (χ0) is 14.3. The number of benzene rings is 2. The molecule has 3 rings (SSSR count). The summed E-state index contributed by atoms with van der Waals surface area (Å²) in [4.78, 5) is 24.3. The molecule has 0 spiro atoms. The molecular weight excluding hydrogens is 327 g/mol. The van der Waals surface area contributed by atoms with Gasteiger partial charge in [-0.2, -0.15) is 5.01 Å². The Labute approximate surface area is 122 Å². The summed E-state index contributed by atoms with van der Waals surface area (Å²) in [6.07, 6.45) is 0. The Balaban J connectivity index is 1.96. The molecule has 0 aliphatic carbocycles. The Morgan fingerprint density at radius 1 is 1.00 bits per heavy atom. The molecular formula is C14H8BrFN2O2. The van der Waals surface area contributed by atoms with E-state index in [1.165, 1.54) is 6.07 Å². The maximum atomic E-state index is 13.2. The minimum atomic E-state index is -0.569. The highest BCUT2D eigenvalue weighted by Crippen LogP contribution is 2.27. The number of hydrazine groups is 1. The second-order valence-corrected chi connectivity index (χ2v) is 5.08. The molecule has 0 radical (unpaired) electrons. The largest absolute Gasteiger partial charge is 0.287 e. The minimum absolute atomic E-state index is 0.0644. The SMILES string of the molecule is O=C1c2ccc(F)cc2C(=O)N1Nc1ccccc1Br. The van der Waals surface area contributed by atoms with Crippen LogP contribution in [0.5, 0.6) is 0 Å². The van der Waals surface area contributed by atoms with Gasteiger partial charge in [0.15, 0.2) is 0 Å². The van der Waals surface area contributed by atoms with E-state index in [1.807, 2.05) is 6.07 Å². The van der Waals surface area contributed by atoms with Gasteiger partial charge in [0.1, 0.15) is 5.82 Å². The maximum Gasteiger partial charge on any atom is 0.280 e. The average molecular weight is 335 g/mol. The number of halogens is 2. The van der Waals surface area contributed by atoms with Gasteiger partial charge in [0.25, 0.3) is 11.8 Å². The van der Waals surface area contributed by atoms with Gasteiger partial charge in [-0.05, 0) is 46.3 Å². The number of nitrogens with one attached hydrogen (secondary N) is 1. The quantitative estimate of drug-likeness (QED) is 0.858. The molecule has 100 valence electrons. The van der Waals surface area contributed by atoms with Crippen LogP contribution < -0.4 is 5.43 Å². The van der Waals surface area contributed by atoms with Gasteiger partial charge in [-0.25, -0.2) is 4.39 Å². The van der Waals surface area contributed by atoms with E-state index in [0.717, 1.165) is 17.1 Å². The van der Waals surface area contributed by atoms with Gasteiger partial charge in [-0.1, -0.05) is 12.1 Å². The van der Waals surface area contributed by atoms with Crippen LogP contribution >= 0.6 is 15.9 Å². The van der Waals surface area contributed by atoms with Crippen LogP contribution in [0, 0.1) is 5.82 Å². The fourth-order valence-corrected chi connectivity index (χ4v) is 2.36. The predicted octanol–water partition coefficient (Wildman–Crippen LogP) is 3.21. The van der Waals surface area contributed by atoms with Crippen LogP contribution in [0.3, 0.4) is 0 Å². The third-order valence-corrected chi connectivity index (χ3v) is 3.65. The van der Waals surface area contributed by atoms with E-state index < -0.39 is 17.6 Å². The Morgan fingerprint density at radius 2 is 1.70 bits per heavy atom. The first-order valence-corrected chi connectivity index (χ1v) is 6.57. The first kappa shape index (κ1) is 12.8. The lowest BCUT2D eigenvalue weighted by Crippen LogP contribution is -2.35. The zero-order valence-electron chi connectivity index (χ0n) is 10.1. The van der Waals surface area contributed by atoms with E-state index in [4.69, 9.17) is 0 Å². The highest BCUT2D eigenvalue weighted by atomic mass is 79.9. The molecule has 1 aliphatic heterocycles. The van der Waals surface area contributed by atoms with Crippen molar-refractivity contribution in [2.75, 3.05) is 5.43 Å². The number of amides is 2. The topological polar surface area (TPSA) is 49.4 Å². The Morgan fingerprint density at radius 3 is 2.45 bits per heavy atom. The number of hydrogen-bond donors (Lipinski definition) is 1. The van der Waals surface area contributed by atoms with Crippen molar-refractivity contribution in [1.29, 1.82) is 0 Å². The lowest BCUT2D eigenvalue weighted by atomic mass is 10.1. The van der Waals surface area contributed by atoms with Gasteiger partial charge in [-0.15, -0.1) is 0 Å². The normalized spacial score (nSPS) is 13.6. The molecule has 2 aromatic carbocycles. The van der Waals surface area contributed by atoms with Crippen LogP contribution in [0.2, 0.25) is 0 Å². The molecule has 0 bridgehead atoms. The number of para-hydroxylation sites is 1. The number of nitrogens with zero attached hydrogens (tertiary/aromatic N) is 1. The van der Waals surface area contributed by atoms with Gasteiger partial charge < -0.3 is 0 Å². The molecule has 0 saturated carbocycles. The Hall–Kier alpha value is -2.21. The summed E-state index contributed by atoms with van der Waals surface area (Å²) < 4.78 is 13.9. The number of rotatable bonds is 2. The number of carbonyl (C=O) groups excluding carboxylic acids is 2.